The fraction of sp³-hybridized carbons (Fsp3) is 0.615. The summed E-state index contributed by atoms with van der Waals surface area (Å²) in [5, 5.41) is 17.6. The van der Waals surface area contributed by atoms with Gasteiger partial charge in [-0.3, -0.25) is 9.05 Å². The van der Waals surface area contributed by atoms with E-state index in [-0.39, 0.29) is 26.1 Å². The Labute approximate surface area is 202 Å². The van der Waals surface area contributed by atoms with Crippen LogP contribution in [0, 0.1) is 46.3 Å². The molecule has 4 aliphatic rings. The second-order valence-corrected chi connectivity index (χ2v) is 11.1. The highest BCUT2D eigenvalue weighted by Gasteiger charge is 2.46. The van der Waals surface area contributed by atoms with E-state index in [2.05, 4.69) is 6.92 Å². The van der Waals surface area contributed by atoms with E-state index in [9.17, 15) is 4.57 Å². The van der Waals surface area contributed by atoms with Gasteiger partial charge in [-0.2, -0.15) is 10.5 Å². The number of hydrogen-bond acceptors (Lipinski definition) is 7. The average Bonchev–Trinajstić information content (AvgIpc) is 2.81. The topological polar surface area (TPSA) is 102 Å². The predicted molar refractivity (Wildman–Crippen MR) is 127 cm³/mol. The molecule has 4 fully saturated rings. The first-order valence-corrected chi connectivity index (χ1v) is 13.8. The molecule has 1 aromatic rings. The van der Waals surface area contributed by atoms with Crippen molar-refractivity contribution in [2.45, 2.75) is 58.3 Å². The van der Waals surface area contributed by atoms with Crippen LogP contribution in [0.25, 0.3) is 5.76 Å². The average molecular weight is 485 g/mol. The van der Waals surface area contributed by atoms with Gasteiger partial charge in [0.05, 0.1) is 44.8 Å². The summed E-state index contributed by atoms with van der Waals surface area (Å²) in [6.45, 7) is 2.58. The van der Waals surface area contributed by atoms with Crippen LogP contribution in [0.3, 0.4) is 0 Å². The molecule has 182 valence electrons. The van der Waals surface area contributed by atoms with Gasteiger partial charge in [0, 0.05) is 5.56 Å². The minimum Gasteiger partial charge on any atom is -0.493 e. The number of nitriles is 2. The van der Waals surface area contributed by atoms with Crippen molar-refractivity contribution >= 4 is 13.6 Å². The van der Waals surface area contributed by atoms with E-state index in [0.717, 1.165) is 29.6 Å². The first kappa shape index (κ1) is 24.8. The molecule has 4 bridgehead atoms. The van der Waals surface area contributed by atoms with Gasteiger partial charge in [-0.1, -0.05) is 19.1 Å². The van der Waals surface area contributed by atoms with Crippen molar-refractivity contribution in [1.29, 1.82) is 10.5 Å². The van der Waals surface area contributed by atoms with Crippen LogP contribution in [0.5, 0.6) is 5.75 Å². The SMILES string of the molecule is CCCOC(=C1C2CC3CC(C2)CC1C3)c1cccc(OP(=O)(OCCC#N)OCCC#N)c1. The van der Waals surface area contributed by atoms with Crippen molar-refractivity contribution in [2.75, 3.05) is 19.8 Å². The highest BCUT2D eigenvalue weighted by molar-refractivity contribution is 7.48. The summed E-state index contributed by atoms with van der Waals surface area (Å²) < 4.78 is 35.9. The summed E-state index contributed by atoms with van der Waals surface area (Å²) in [5.74, 6) is 4.18. The lowest BCUT2D eigenvalue weighted by Gasteiger charge is -2.51. The minimum atomic E-state index is -3.98. The van der Waals surface area contributed by atoms with Crippen LogP contribution in [0.15, 0.2) is 29.8 Å². The van der Waals surface area contributed by atoms with Crippen molar-refractivity contribution in [3.05, 3.63) is 35.4 Å². The number of allylic oxidation sites excluding steroid dienone is 1. The zero-order valence-corrected chi connectivity index (χ0v) is 20.7. The molecule has 1 aromatic carbocycles. The van der Waals surface area contributed by atoms with Crippen LogP contribution in [0.2, 0.25) is 0 Å². The molecule has 8 heteroatoms. The highest BCUT2D eigenvalue weighted by Crippen LogP contribution is 2.58. The lowest BCUT2D eigenvalue weighted by molar-refractivity contribution is 0.0665. The third kappa shape index (κ3) is 5.84. The Hall–Kier alpha value is -2.31. The molecule has 34 heavy (non-hydrogen) atoms. The highest BCUT2D eigenvalue weighted by atomic mass is 31.2. The molecule has 0 aliphatic heterocycles. The summed E-state index contributed by atoms with van der Waals surface area (Å²) >= 11 is 0. The van der Waals surface area contributed by atoms with Gasteiger partial charge in [-0.15, -0.1) is 0 Å². The largest absolute Gasteiger partial charge is 0.530 e. The maximum Gasteiger partial charge on any atom is 0.530 e. The summed E-state index contributed by atoms with van der Waals surface area (Å²) in [7, 11) is -3.98. The Bertz CT molecular complexity index is 971. The number of phosphoric acid groups is 1. The van der Waals surface area contributed by atoms with Gasteiger partial charge in [-0.25, -0.2) is 4.57 Å². The Morgan fingerprint density at radius 2 is 1.59 bits per heavy atom. The molecule has 0 aromatic heterocycles. The van der Waals surface area contributed by atoms with Gasteiger partial charge in [-0.05, 0) is 79.9 Å². The van der Waals surface area contributed by atoms with Crippen molar-refractivity contribution in [2.24, 2.45) is 23.7 Å². The summed E-state index contributed by atoms with van der Waals surface area (Å²) in [4.78, 5) is 0. The van der Waals surface area contributed by atoms with Crippen molar-refractivity contribution in [3.63, 3.8) is 0 Å². The van der Waals surface area contributed by atoms with Crippen LogP contribution < -0.4 is 4.52 Å². The molecule has 0 unspecified atom stereocenters. The standard InChI is InChI=1S/C26H33N2O5P/c1-2-10-30-26(25-22-14-19-13-20(16-22)17-23(25)15-19)21-6-3-7-24(18-21)33-34(29,31-11-4-8-27)32-12-5-9-28/h3,6-7,18-20,22-23H,2,4-5,10-17H2,1H3. The Morgan fingerprint density at radius 3 is 2.15 bits per heavy atom. The summed E-state index contributed by atoms with van der Waals surface area (Å²) in [5.41, 5.74) is 2.37. The van der Waals surface area contributed by atoms with E-state index in [0.29, 0.717) is 24.2 Å². The zero-order valence-electron chi connectivity index (χ0n) is 19.8. The first-order chi connectivity index (χ1) is 16.5. The molecule has 0 amide bonds. The normalized spacial score (nSPS) is 25.0. The van der Waals surface area contributed by atoms with Crippen LogP contribution in [0.4, 0.5) is 0 Å². The fourth-order valence-corrected chi connectivity index (χ4v) is 7.10. The fourth-order valence-electron chi connectivity index (χ4n) is 5.92. The number of benzene rings is 1. The number of ether oxygens (including phenoxy) is 1. The van der Waals surface area contributed by atoms with Gasteiger partial charge < -0.3 is 9.26 Å². The van der Waals surface area contributed by atoms with Crippen molar-refractivity contribution in [3.8, 4) is 17.9 Å². The molecule has 5 rings (SSSR count). The first-order valence-electron chi connectivity index (χ1n) is 12.3. The lowest BCUT2D eigenvalue weighted by atomic mass is 9.54. The van der Waals surface area contributed by atoms with Gasteiger partial charge in [0.1, 0.15) is 11.5 Å². The number of hydrogen-bond donors (Lipinski definition) is 0. The van der Waals surface area contributed by atoms with Crippen molar-refractivity contribution in [1.82, 2.24) is 0 Å². The smallest absolute Gasteiger partial charge is 0.493 e. The third-order valence-electron chi connectivity index (χ3n) is 6.97. The second kappa shape index (κ2) is 11.4. The predicted octanol–water partition coefficient (Wildman–Crippen LogP) is 6.63. The summed E-state index contributed by atoms with van der Waals surface area (Å²) in [6, 6.07) is 11.3. The molecular weight excluding hydrogens is 451 g/mol. The van der Waals surface area contributed by atoms with Crippen LogP contribution in [-0.2, 0) is 18.3 Å². The molecular formula is C26H33N2O5P. The van der Waals surface area contributed by atoms with Crippen LogP contribution >= 0.6 is 7.82 Å². The Kier molecular flexibility index (Phi) is 8.32. The molecule has 0 spiro atoms. The molecule has 4 aliphatic carbocycles. The minimum absolute atomic E-state index is 0.0564. The maximum atomic E-state index is 13.2. The number of rotatable bonds is 12. The van der Waals surface area contributed by atoms with E-state index in [4.69, 9.17) is 28.8 Å². The summed E-state index contributed by atoms with van der Waals surface area (Å²) in [6.07, 6.45) is 7.45. The van der Waals surface area contributed by atoms with Gasteiger partial charge in [0.25, 0.3) is 0 Å². The van der Waals surface area contributed by atoms with Crippen LogP contribution in [0.1, 0.15) is 63.9 Å². The van der Waals surface area contributed by atoms with Crippen molar-refractivity contribution < 1.29 is 22.9 Å². The zero-order chi connectivity index (χ0) is 24.0. The number of phosphoric ester groups is 1. The van der Waals surface area contributed by atoms with E-state index < -0.39 is 7.82 Å². The monoisotopic (exact) mass is 484 g/mol. The van der Waals surface area contributed by atoms with E-state index in [1.165, 1.54) is 37.7 Å². The van der Waals surface area contributed by atoms with Gasteiger partial charge in [0.2, 0.25) is 0 Å². The molecule has 0 saturated heterocycles. The Balaban J connectivity index is 1.60. The molecule has 4 saturated carbocycles. The molecule has 0 N–H and O–H groups in total. The van der Waals surface area contributed by atoms with Gasteiger partial charge >= 0.3 is 7.82 Å². The van der Waals surface area contributed by atoms with E-state index >= 15 is 0 Å². The molecule has 7 nitrogen and oxygen atoms in total. The lowest BCUT2D eigenvalue weighted by Crippen LogP contribution is -2.41. The van der Waals surface area contributed by atoms with E-state index in [1.807, 2.05) is 30.3 Å². The van der Waals surface area contributed by atoms with Crippen LogP contribution in [-0.4, -0.2) is 19.8 Å². The maximum absolute atomic E-state index is 13.2. The Morgan fingerprint density at radius 1 is 0.971 bits per heavy atom. The number of nitrogens with zero attached hydrogens (tertiary/aromatic N) is 2. The second-order valence-electron chi connectivity index (χ2n) is 9.49. The van der Waals surface area contributed by atoms with Gasteiger partial charge in [0.15, 0.2) is 0 Å². The molecule has 0 radical (unpaired) electrons. The molecule has 0 atom stereocenters. The third-order valence-corrected chi connectivity index (χ3v) is 8.40. The quantitative estimate of drug-likeness (QED) is 0.186. The molecule has 0 heterocycles. The van der Waals surface area contributed by atoms with E-state index in [1.54, 1.807) is 6.07 Å².